The Morgan fingerprint density at radius 3 is 2.59 bits per heavy atom. The summed E-state index contributed by atoms with van der Waals surface area (Å²) in [5.41, 5.74) is 1.01. The number of nitrogens with zero attached hydrogens (tertiary/aromatic N) is 3. The van der Waals surface area contributed by atoms with Crippen molar-refractivity contribution >= 4 is 40.1 Å². The first-order valence-corrected chi connectivity index (χ1v) is 13.0. The van der Waals surface area contributed by atoms with Crippen molar-refractivity contribution in [2.45, 2.75) is 18.1 Å². The number of carbonyl (C=O) groups is 2. The Hall–Kier alpha value is -3.15. The molecule has 2 heterocycles. The Bertz CT molecular complexity index is 1120. The van der Waals surface area contributed by atoms with E-state index in [-0.39, 0.29) is 24.1 Å². The first-order chi connectivity index (χ1) is 18.0. The lowest BCUT2D eigenvalue weighted by Gasteiger charge is -2.27. The van der Waals surface area contributed by atoms with Gasteiger partial charge in [0.2, 0.25) is 11.8 Å². The second-order valence-corrected chi connectivity index (χ2v) is 9.76. The second kappa shape index (κ2) is 12.9. The van der Waals surface area contributed by atoms with E-state index < -0.39 is 5.25 Å². The minimum absolute atomic E-state index is 0.0355. The molecule has 2 aromatic rings. The molecule has 2 saturated heterocycles. The van der Waals surface area contributed by atoms with Gasteiger partial charge in [-0.3, -0.25) is 19.4 Å². The van der Waals surface area contributed by atoms with Crippen LogP contribution < -0.4 is 14.8 Å². The van der Waals surface area contributed by atoms with Crippen molar-refractivity contribution in [2.24, 2.45) is 4.99 Å². The molecule has 0 aromatic heterocycles. The minimum Gasteiger partial charge on any atom is -0.497 e. The average Bonchev–Trinajstić information content (AvgIpc) is 3.19. The molecule has 2 aliphatic rings. The van der Waals surface area contributed by atoms with Crippen LogP contribution in [-0.4, -0.2) is 85.6 Å². The Labute approximate surface area is 220 Å². The fraction of sp³-hybridized carbons (Fsp3) is 0.423. The van der Waals surface area contributed by atoms with Gasteiger partial charge in [0.15, 0.2) is 5.17 Å². The van der Waals surface area contributed by atoms with Gasteiger partial charge in [0.25, 0.3) is 0 Å². The van der Waals surface area contributed by atoms with Crippen LogP contribution in [0.25, 0.3) is 0 Å². The molecular formula is C26H31FN4O5S. The van der Waals surface area contributed by atoms with E-state index in [1.54, 1.807) is 35.2 Å². The second-order valence-electron chi connectivity index (χ2n) is 8.59. The number of amides is 2. The molecule has 0 unspecified atom stereocenters. The van der Waals surface area contributed by atoms with Crippen LogP contribution in [-0.2, 0) is 14.3 Å². The summed E-state index contributed by atoms with van der Waals surface area (Å²) in [6.45, 7) is 4.48. The average molecular weight is 531 g/mol. The molecule has 1 atom stereocenters. The number of hydrogen-bond donors (Lipinski definition) is 1. The van der Waals surface area contributed by atoms with Crippen molar-refractivity contribution < 1.29 is 28.2 Å². The van der Waals surface area contributed by atoms with Crippen LogP contribution in [0.3, 0.4) is 0 Å². The minimum atomic E-state index is -0.626. The third kappa shape index (κ3) is 7.21. The Balaban J connectivity index is 1.45. The van der Waals surface area contributed by atoms with Crippen molar-refractivity contribution in [2.75, 3.05) is 58.9 Å². The topological polar surface area (TPSA) is 92.7 Å². The molecule has 11 heteroatoms. The maximum atomic E-state index is 13.4. The summed E-state index contributed by atoms with van der Waals surface area (Å²) in [5, 5.41) is 2.71. The number of hydrogen-bond acceptors (Lipinski definition) is 8. The Morgan fingerprint density at radius 2 is 1.89 bits per heavy atom. The van der Waals surface area contributed by atoms with Crippen LogP contribution in [0.4, 0.5) is 15.8 Å². The molecule has 0 spiro atoms. The summed E-state index contributed by atoms with van der Waals surface area (Å²) >= 11 is 1.25. The SMILES string of the molecule is COc1ccc(OC)c(NC(=O)C[C@H]2SC(=Nc3ccc(F)cc3)N(CCCN3CCOCC3)C2=O)c1. The van der Waals surface area contributed by atoms with Crippen molar-refractivity contribution in [1.82, 2.24) is 9.80 Å². The number of amidine groups is 1. The number of methoxy groups -OCH3 is 2. The maximum Gasteiger partial charge on any atom is 0.242 e. The van der Waals surface area contributed by atoms with Gasteiger partial charge in [0, 0.05) is 38.7 Å². The van der Waals surface area contributed by atoms with Crippen LogP contribution in [0.15, 0.2) is 47.5 Å². The molecular weight excluding hydrogens is 499 g/mol. The van der Waals surface area contributed by atoms with Gasteiger partial charge in [-0.1, -0.05) is 11.8 Å². The molecule has 1 N–H and O–H groups in total. The monoisotopic (exact) mass is 530 g/mol. The third-order valence-electron chi connectivity index (χ3n) is 6.08. The van der Waals surface area contributed by atoms with Gasteiger partial charge in [0.1, 0.15) is 22.6 Å². The van der Waals surface area contributed by atoms with Gasteiger partial charge in [-0.25, -0.2) is 9.38 Å². The Morgan fingerprint density at radius 1 is 1.14 bits per heavy atom. The number of anilines is 1. The number of halogens is 1. The van der Waals surface area contributed by atoms with E-state index >= 15 is 0 Å². The van der Waals surface area contributed by atoms with Crippen LogP contribution in [0, 0.1) is 5.82 Å². The molecule has 2 fully saturated rings. The fourth-order valence-corrected chi connectivity index (χ4v) is 5.30. The number of benzene rings is 2. The quantitative estimate of drug-likeness (QED) is 0.503. The molecule has 9 nitrogen and oxygen atoms in total. The van der Waals surface area contributed by atoms with Crippen LogP contribution in [0.1, 0.15) is 12.8 Å². The molecule has 2 aromatic carbocycles. The smallest absolute Gasteiger partial charge is 0.242 e. The predicted octanol–water partition coefficient (Wildman–Crippen LogP) is 3.53. The van der Waals surface area contributed by atoms with E-state index in [2.05, 4.69) is 15.2 Å². The molecule has 0 bridgehead atoms. The number of ether oxygens (including phenoxy) is 3. The largest absolute Gasteiger partial charge is 0.497 e. The van der Waals surface area contributed by atoms with Crippen LogP contribution in [0.2, 0.25) is 0 Å². The molecule has 2 amide bonds. The third-order valence-corrected chi connectivity index (χ3v) is 7.26. The van der Waals surface area contributed by atoms with E-state index in [1.807, 2.05) is 0 Å². The van der Waals surface area contributed by atoms with Crippen molar-refractivity contribution in [3.63, 3.8) is 0 Å². The van der Waals surface area contributed by atoms with E-state index in [1.165, 1.54) is 38.1 Å². The van der Waals surface area contributed by atoms with Gasteiger partial charge in [-0.15, -0.1) is 0 Å². The first-order valence-electron chi connectivity index (χ1n) is 12.1. The summed E-state index contributed by atoms with van der Waals surface area (Å²) in [6.07, 6.45) is 0.723. The molecule has 198 valence electrons. The summed E-state index contributed by atoms with van der Waals surface area (Å²) < 4.78 is 29.3. The number of nitrogens with one attached hydrogen (secondary N) is 1. The van der Waals surface area contributed by atoms with E-state index in [4.69, 9.17) is 14.2 Å². The van der Waals surface area contributed by atoms with Crippen molar-refractivity contribution in [3.05, 3.63) is 48.3 Å². The van der Waals surface area contributed by atoms with Crippen LogP contribution >= 0.6 is 11.8 Å². The molecule has 37 heavy (non-hydrogen) atoms. The molecule has 0 radical (unpaired) electrons. The number of thioether (sulfide) groups is 1. The summed E-state index contributed by atoms with van der Waals surface area (Å²) in [5.74, 6) is 0.212. The molecule has 4 rings (SSSR count). The maximum absolute atomic E-state index is 13.4. The lowest BCUT2D eigenvalue weighted by molar-refractivity contribution is -0.128. The van der Waals surface area contributed by atoms with Crippen LogP contribution in [0.5, 0.6) is 11.5 Å². The summed E-state index contributed by atoms with van der Waals surface area (Å²) in [4.78, 5) is 34.8. The van der Waals surface area contributed by atoms with Gasteiger partial charge >= 0.3 is 0 Å². The zero-order chi connectivity index (χ0) is 26.2. The highest BCUT2D eigenvalue weighted by Gasteiger charge is 2.39. The van der Waals surface area contributed by atoms with Crippen molar-refractivity contribution in [3.8, 4) is 11.5 Å². The summed E-state index contributed by atoms with van der Waals surface area (Å²) in [6, 6.07) is 10.9. The lowest BCUT2D eigenvalue weighted by Crippen LogP contribution is -2.39. The molecule has 0 aliphatic carbocycles. The highest BCUT2D eigenvalue weighted by atomic mass is 32.2. The number of rotatable bonds is 10. The van der Waals surface area contributed by atoms with E-state index in [0.717, 1.165) is 26.1 Å². The Kier molecular flexibility index (Phi) is 9.37. The lowest BCUT2D eigenvalue weighted by atomic mass is 10.2. The highest BCUT2D eigenvalue weighted by molar-refractivity contribution is 8.15. The van der Waals surface area contributed by atoms with E-state index in [0.29, 0.717) is 47.8 Å². The fourth-order valence-electron chi connectivity index (χ4n) is 4.12. The normalized spacial score (nSPS) is 19.3. The van der Waals surface area contributed by atoms with Gasteiger partial charge in [-0.05, 0) is 42.8 Å². The van der Waals surface area contributed by atoms with Crippen molar-refractivity contribution in [1.29, 1.82) is 0 Å². The van der Waals surface area contributed by atoms with E-state index in [9.17, 15) is 14.0 Å². The van der Waals surface area contributed by atoms with Gasteiger partial charge < -0.3 is 19.5 Å². The first kappa shape index (κ1) is 26.9. The summed E-state index contributed by atoms with van der Waals surface area (Å²) in [7, 11) is 3.05. The number of carbonyl (C=O) groups excluding carboxylic acids is 2. The van der Waals surface area contributed by atoms with Gasteiger partial charge in [-0.2, -0.15) is 0 Å². The number of morpholine rings is 1. The number of aliphatic imine (C=N–C) groups is 1. The van der Waals surface area contributed by atoms with Gasteiger partial charge in [0.05, 0.1) is 38.8 Å². The highest BCUT2D eigenvalue weighted by Crippen LogP contribution is 2.33. The molecule has 0 saturated carbocycles. The predicted molar refractivity (Wildman–Crippen MR) is 141 cm³/mol. The molecule has 2 aliphatic heterocycles. The standard InChI is InChI=1S/C26H31FN4O5S/c1-34-20-8-9-22(35-2)21(16-20)29-24(32)17-23-25(33)31(11-3-10-30-12-14-36-15-13-30)26(37-23)28-19-6-4-18(27)5-7-19/h4-9,16,23H,3,10-15,17H2,1-2H3,(H,29,32)/t23-/m1/s1. The zero-order valence-corrected chi connectivity index (χ0v) is 21.8. The zero-order valence-electron chi connectivity index (χ0n) is 20.9.